The van der Waals surface area contributed by atoms with Crippen LogP contribution in [0.15, 0.2) is 42.5 Å². The first-order chi connectivity index (χ1) is 13.2. The van der Waals surface area contributed by atoms with Crippen LogP contribution >= 0.6 is 0 Å². The molecule has 1 atom stereocenters. The summed E-state index contributed by atoms with van der Waals surface area (Å²) < 4.78 is 11.0. The Balaban J connectivity index is 1.27. The summed E-state index contributed by atoms with van der Waals surface area (Å²) in [4.78, 5) is 14.8. The number of benzene rings is 2. The average molecular weight is 366 g/mol. The molecule has 1 amide bonds. The predicted octanol–water partition coefficient (Wildman–Crippen LogP) is 2.99. The van der Waals surface area contributed by atoms with Crippen molar-refractivity contribution in [1.82, 2.24) is 10.2 Å². The summed E-state index contributed by atoms with van der Waals surface area (Å²) in [5.74, 6) is 1.88. The Labute approximate surface area is 160 Å². The van der Waals surface area contributed by atoms with Crippen molar-refractivity contribution in [3.8, 4) is 11.5 Å². The summed E-state index contributed by atoms with van der Waals surface area (Å²) in [5.41, 5.74) is 3.44. The van der Waals surface area contributed by atoms with Crippen LogP contribution in [0.3, 0.4) is 0 Å². The summed E-state index contributed by atoms with van der Waals surface area (Å²) in [6, 6.07) is 14.0. The summed E-state index contributed by atoms with van der Waals surface area (Å²) in [6.45, 7) is 6.93. The Bertz CT molecular complexity index is 821. The monoisotopic (exact) mass is 366 g/mol. The molecule has 1 saturated heterocycles. The highest BCUT2D eigenvalue weighted by Crippen LogP contribution is 2.31. The van der Waals surface area contributed by atoms with Crippen LogP contribution < -0.4 is 14.8 Å². The number of ether oxygens (including phenoxy) is 2. The van der Waals surface area contributed by atoms with E-state index >= 15 is 0 Å². The maximum atomic E-state index is 12.4. The molecule has 2 heterocycles. The molecule has 0 saturated carbocycles. The van der Waals surface area contributed by atoms with Gasteiger partial charge >= 0.3 is 0 Å². The van der Waals surface area contributed by atoms with Crippen LogP contribution in [0.4, 0.5) is 0 Å². The molecular formula is C22H26N2O3. The minimum atomic E-state index is -0.0679. The van der Waals surface area contributed by atoms with E-state index in [0.29, 0.717) is 42.7 Å². The minimum absolute atomic E-state index is 0.0679. The van der Waals surface area contributed by atoms with Gasteiger partial charge in [-0.15, -0.1) is 0 Å². The molecule has 5 heteroatoms. The summed E-state index contributed by atoms with van der Waals surface area (Å²) in [6.07, 6.45) is 1.18. The molecule has 2 aromatic carbocycles. The van der Waals surface area contributed by atoms with Gasteiger partial charge in [-0.1, -0.05) is 24.3 Å². The normalized spacial score (nSPS) is 19.1. The van der Waals surface area contributed by atoms with Crippen molar-refractivity contribution in [3.05, 3.63) is 59.2 Å². The highest BCUT2D eigenvalue weighted by atomic mass is 16.6. The fourth-order valence-electron chi connectivity index (χ4n) is 3.95. The first kappa shape index (κ1) is 17.9. The lowest BCUT2D eigenvalue weighted by Gasteiger charge is -2.19. The van der Waals surface area contributed by atoms with Gasteiger partial charge in [0.15, 0.2) is 11.5 Å². The second-order valence-electron chi connectivity index (χ2n) is 7.26. The molecule has 142 valence electrons. The number of carbonyl (C=O) groups excluding carboxylic acids is 1. The van der Waals surface area contributed by atoms with Gasteiger partial charge in [-0.25, -0.2) is 0 Å². The lowest BCUT2D eigenvalue weighted by atomic mass is 9.94. The van der Waals surface area contributed by atoms with Crippen molar-refractivity contribution in [2.75, 3.05) is 39.4 Å². The number of amides is 1. The van der Waals surface area contributed by atoms with Crippen molar-refractivity contribution >= 4 is 5.91 Å². The van der Waals surface area contributed by atoms with Crippen molar-refractivity contribution in [3.63, 3.8) is 0 Å². The van der Waals surface area contributed by atoms with E-state index in [1.54, 1.807) is 18.2 Å². The van der Waals surface area contributed by atoms with Crippen LogP contribution in [-0.4, -0.2) is 50.2 Å². The Hall–Kier alpha value is -2.53. The number of rotatable bonds is 5. The number of carbonyl (C=O) groups is 1. The number of hydrogen-bond acceptors (Lipinski definition) is 4. The molecule has 0 aliphatic carbocycles. The molecule has 2 aromatic rings. The van der Waals surface area contributed by atoms with Crippen molar-refractivity contribution < 1.29 is 14.3 Å². The Morgan fingerprint density at radius 1 is 1.15 bits per heavy atom. The van der Waals surface area contributed by atoms with E-state index in [9.17, 15) is 4.79 Å². The number of hydrogen-bond donors (Lipinski definition) is 1. The highest BCUT2D eigenvalue weighted by molar-refractivity contribution is 5.94. The third-order valence-corrected chi connectivity index (χ3v) is 5.42. The average Bonchev–Trinajstić information content (AvgIpc) is 3.16. The molecule has 0 spiro atoms. The van der Waals surface area contributed by atoms with E-state index in [1.807, 2.05) is 0 Å². The minimum Gasteiger partial charge on any atom is -0.486 e. The lowest BCUT2D eigenvalue weighted by molar-refractivity contribution is 0.0948. The summed E-state index contributed by atoms with van der Waals surface area (Å²) in [7, 11) is 0. The fourth-order valence-corrected chi connectivity index (χ4v) is 3.95. The Kier molecular flexibility index (Phi) is 5.30. The summed E-state index contributed by atoms with van der Waals surface area (Å²) >= 11 is 0. The van der Waals surface area contributed by atoms with Crippen LogP contribution in [0.2, 0.25) is 0 Å². The quantitative estimate of drug-likeness (QED) is 0.884. The van der Waals surface area contributed by atoms with Crippen LogP contribution in [0, 0.1) is 6.92 Å². The summed E-state index contributed by atoms with van der Waals surface area (Å²) in [5, 5.41) is 3.02. The van der Waals surface area contributed by atoms with Gasteiger partial charge in [-0.2, -0.15) is 0 Å². The zero-order valence-electron chi connectivity index (χ0n) is 15.7. The zero-order chi connectivity index (χ0) is 18.6. The largest absolute Gasteiger partial charge is 0.486 e. The van der Waals surface area contributed by atoms with Crippen LogP contribution in [-0.2, 0) is 0 Å². The number of nitrogens with zero attached hydrogens (tertiary/aromatic N) is 1. The molecule has 2 aliphatic rings. The standard InChI is InChI=1S/C22H26N2O3/c1-16-4-2-3-5-19(16)18-8-10-24(15-18)11-9-23-22(25)17-6-7-20-21(14-17)27-13-12-26-20/h2-7,14,18H,8-13,15H2,1H3,(H,23,25)/t18-/m1/s1. The van der Waals surface area contributed by atoms with E-state index in [0.717, 1.165) is 19.6 Å². The fraction of sp³-hybridized carbons (Fsp3) is 0.409. The van der Waals surface area contributed by atoms with E-state index in [1.165, 1.54) is 17.5 Å². The number of likely N-dealkylation sites (tertiary alicyclic amines) is 1. The lowest BCUT2D eigenvalue weighted by Crippen LogP contribution is -2.33. The van der Waals surface area contributed by atoms with Crippen LogP contribution in [0.1, 0.15) is 33.8 Å². The molecule has 2 aliphatic heterocycles. The van der Waals surface area contributed by atoms with Gasteiger partial charge in [0.2, 0.25) is 0 Å². The molecule has 4 rings (SSSR count). The van der Waals surface area contributed by atoms with E-state index in [-0.39, 0.29) is 5.91 Å². The first-order valence-corrected chi connectivity index (χ1v) is 9.66. The van der Waals surface area contributed by atoms with Gasteiger partial charge < -0.3 is 19.7 Å². The van der Waals surface area contributed by atoms with Crippen LogP contribution in [0.25, 0.3) is 0 Å². The molecular weight excluding hydrogens is 340 g/mol. The van der Waals surface area contributed by atoms with E-state index in [4.69, 9.17) is 9.47 Å². The molecule has 0 unspecified atom stereocenters. The highest BCUT2D eigenvalue weighted by Gasteiger charge is 2.24. The topological polar surface area (TPSA) is 50.8 Å². The SMILES string of the molecule is Cc1ccccc1[C@@H]1CCN(CCNC(=O)c2ccc3c(c2)OCCO3)C1. The number of nitrogens with one attached hydrogen (secondary N) is 1. The van der Waals surface area contributed by atoms with Gasteiger partial charge in [-0.05, 0) is 55.1 Å². The third-order valence-electron chi connectivity index (χ3n) is 5.42. The van der Waals surface area contributed by atoms with Gasteiger partial charge in [-0.3, -0.25) is 4.79 Å². The van der Waals surface area contributed by atoms with Gasteiger partial charge in [0.25, 0.3) is 5.91 Å². The second kappa shape index (κ2) is 8.01. The predicted molar refractivity (Wildman–Crippen MR) is 105 cm³/mol. The maximum Gasteiger partial charge on any atom is 0.251 e. The first-order valence-electron chi connectivity index (χ1n) is 9.66. The van der Waals surface area contributed by atoms with E-state index in [2.05, 4.69) is 41.4 Å². The van der Waals surface area contributed by atoms with Gasteiger partial charge in [0, 0.05) is 25.2 Å². The molecule has 27 heavy (non-hydrogen) atoms. The Morgan fingerprint density at radius 3 is 2.81 bits per heavy atom. The molecule has 0 bridgehead atoms. The molecule has 1 fully saturated rings. The van der Waals surface area contributed by atoms with Crippen molar-refractivity contribution in [1.29, 1.82) is 0 Å². The van der Waals surface area contributed by atoms with Crippen molar-refractivity contribution in [2.24, 2.45) is 0 Å². The number of aryl methyl sites for hydroxylation is 1. The van der Waals surface area contributed by atoms with Crippen LogP contribution in [0.5, 0.6) is 11.5 Å². The molecule has 0 aromatic heterocycles. The number of fused-ring (bicyclic) bond motifs is 1. The molecule has 5 nitrogen and oxygen atoms in total. The third kappa shape index (κ3) is 4.08. The van der Waals surface area contributed by atoms with Gasteiger partial charge in [0.1, 0.15) is 13.2 Å². The molecule has 1 N–H and O–H groups in total. The van der Waals surface area contributed by atoms with Crippen molar-refractivity contribution in [2.45, 2.75) is 19.3 Å². The second-order valence-corrected chi connectivity index (χ2v) is 7.26. The maximum absolute atomic E-state index is 12.4. The van der Waals surface area contributed by atoms with Gasteiger partial charge in [0.05, 0.1) is 0 Å². The van der Waals surface area contributed by atoms with E-state index < -0.39 is 0 Å². The molecule has 0 radical (unpaired) electrons. The smallest absolute Gasteiger partial charge is 0.251 e. The zero-order valence-corrected chi connectivity index (χ0v) is 15.7. The Morgan fingerprint density at radius 2 is 1.96 bits per heavy atom.